The summed E-state index contributed by atoms with van der Waals surface area (Å²) in [5.41, 5.74) is 3.70. The molecule has 0 aliphatic carbocycles. The second-order valence-corrected chi connectivity index (χ2v) is 5.63. The fourth-order valence-electron chi connectivity index (χ4n) is 2.14. The Morgan fingerprint density at radius 2 is 2.16 bits per heavy atom. The van der Waals surface area contributed by atoms with E-state index >= 15 is 0 Å². The van der Waals surface area contributed by atoms with Crippen LogP contribution in [-0.2, 0) is 7.05 Å². The summed E-state index contributed by atoms with van der Waals surface area (Å²) < 4.78 is 3.08. The van der Waals surface area contributed by atoms with Crippen LogP contribution in [0.1, 0.15) is 36.2 Å². The molecular weight excluding hydrogens is 302 g/mol. The van der Waals surface area contributed by atoms with Crippen molar-refractivity contribution in [1.82, 2.24) is 15.1 Å². The van der Waals surface area contributed by atoms with Crippen LogP contribution in [0, 0.1) is 6.92 Å². The smallest absolute Gasteiger partial charge is 0.0748 e. The monoisotopic (exact) mass is 321 g/mol. The number of halogens is 1. The van der Waals surface area contributed by atoms with E-state index < -0.39 is 0 Å². The van der Waals surface area contributed by atoms with Gasteiger partial charge in [-0.15, -0.1) is 0 Å². The number of nitrogens with zero attached hydrogens (tertiary/aromatic N) is 2. The van der Waals surface area contributed by atoms with Gasteiger partial charge in [0.25, 0.3) is 0 Å². The molecule has 0 radical (unpaired) electrons. The first-order valence-electron chi connectivity index (χ1n) is 6.60. The molecule has 1 unspecified atom stereocenters. The highest BCUT2D eigenvalue weighted by Gasteiger charge is 2.17. The van der Waals surface area contributed by atoms with Gasteiger partial charge in [-0.3, -0.25) is 4.68 Å². The molecule has 0 spiro atoms. The lowest BCUT2D eigenvalue weighted by atomic mass is 10.0. The van der Waals surface area contributed by atoms with Crippen LogP contribution in [0.3, 0.4) is 0 Å². The van der Waals surface area contributed by atoms with Crippen LogP contribution in [0.5, 0.6) is 0 Å². The molecule has 102 valence electrons. The van der Waals surface area contributed by atoms with Crippen molar-refractivity contribution >= 4 is 15.9 Å². The summed E-state index contributed by atoms with van der Waals surface area (Å²) in [4.78, 5) is 0. The van der Waals surface area contributed by atoms with Gasteiger partial charge in [-0.2, -0.15) is 5.10 Å². The van der Waals surface area contributed by atoms with Crippen LogP contribution in [0.2, 0.25) is 0 Å². The molecule has 0 aliphatic rings. The van der Waals surface area contributed by atoms with Gasteiger partial charge in [-0.1, -0.05) is 35.0 Å². The molecule has 1 heterocycles. The van der Waals surface area contributed by atoms with Gasteiger partial charge in [-0.25, -0.2) is 0 Å². The summed E-state index contributed by atoms with van der Waals surface area (Å²) in [6.45, 7) is 5.27. The first-order valence-corrected chi connectivity index (χ1v) is 7.40. The first-order chi connectivity index (χ1) is 9.13. The van der Waals surface area contributed by atoms with E-state index in [1.54, 1.807) is 0 Å². The van der Waals surface area contributed by atoms with Gasteiger partial charge in [0.05, 0.1) is 11.7 Å². The SMILES string of the molecule is CCCNC(c1ccc(C)c(Br)c1)c1ccnn1C. The number of aromatic nitrogens is 2. The third-order valence-electron chi connectivity index (χ3n) is 3.28. The van der Waals surface area contributed by atoms with E-state index in [1.165, 1.54) is 16.8 Å². The van der Waals surface area contributed by atoms with Crippen LogP contribution in [0.15, 0.2) is 34.9 Å². The Bertz CT molecular complexity index is 548. The van der Waals surface area contributed by atoms with E-state index in [4.69, 9.17) is 0 Å². The predicted octanol–water partition coefficient (Wildman–Crippen LogP) is 3.58. The molecular formula is C15H20BrN3. The Labute approximate surface area is 123 Å². The summed E-state index contributed by atoms with van der Waals surface area (Å²) in [5, 5.41) is 7.87. The lowest BCUT2D eigenvalue weighted by Crippen LogP contribution is -2.25. The maximum Gasteiger partial charge on any atom is 0.0748 e. The van der Waals surface area contributed by atoms with Gasteiger partial charge in [-0.05, 0) is 43.1 Å². The van der Waals surface area contributed by atoms with E-state index in [0.717, 1.165) is 17.4 Å². The molecule has 19 heavy (non-hydrogen) atoms. The molecule has 2 rings (SSSR count). The predicted molar refractivity (Wildman–Crippen MR) is 82.2 cm³/mol. The molecule has 0 saturated carbocycles. The molecule has 2 aromatic rings. The summed E-state index contributed by atoms with van der Waals surface area (Å²) in [7, 11) is 1.99. The van der Waals surface area contributed by atoms with Gasteiger partial charge >= 0.3 is 0 Å². The summed E-state index contributed by atoms with van der Waals surface area (Å²) >= 11 is 3.61. The maximum atomic E-state index is 4.28. The molecule has 0 bridgehead atoms. The second kappa shape index (κ2) is 6.35. The molecule has 1 atom stereocenters. The summed E-state index contributed by atoms with van der Waals surface area (Å²) in [5.74, 6) is 0. The highest BCUT2D eigenvalue weighted by Crippen LogP contribution is 2.26. The molecule has 4 heteroatoms. The first kappa shape index (κ1) is 14.3. The van der Waals surface area contributed by atoms with E-state index in [-0.39, 0.29) is 6.04 Å². The standard InChI is InChI=1S/C15H20BrN3/c1-4-8-17-15(14-7-9-18-19(14)3)12-6-5-11(2)13(16)10-12/h5-7,9-10,15,17H,4,8H2,1-3H3. The topological polar surface area (TPSA) is 29.9 Å². The number of nitrogens with one attached hydrogen (secondary N) is 1. The highest BCUT2D eigenvalue weighted by molar-refractivity contribution is 9.10. The van der Waals surface area contributed by atoms with Crippen LogP contribution in [-0.4, -0.2) is 16.3 Å². The largest absolute Gasteiger partial charge is 0.305 e. The Morgan fingerprint density at radius 1 is 1.37 bits per heavy atom. The fraction of sp³-hybridized carbons (Fsp3) is 0.400. The maximum absolute atomic E-state index is 4.28. The highest BCUT2D eigenvalue weighted by atomic mass is 79.9. The van der Waals surface area contributed by atoms with Crippen LogP contribution in [0.4, 0.5) is 0 Å². The third kappa shape index (κ3) is 3.25. The Hall–Kier alpha value is -1.13. The molecule has 0 amide bonds. The lowest BCUT2D eigenvalue weighted by molar-refractivity contribution is 0.553. The van der Waals surface area contributed by atoms with Crippen molar-refractivity contribution in [2.75, 3.05) is 6.54 Å². The number of hydrogen-bond acceptors (Lipinski definition) is 2. The third-order valence-corrected chi connectivity index (χ3v) is 4.14. The number of benzene rings is 1. The normalized spacial score (nSPS) is 12.6. The zero-order chi connectivity index (χ0) is 13.8. The molecule has 0 fully saturated rings. The molecule has 3 nitrogen and oxygen atoms in total. The molecule has 0 saturated heterocycles. The van der Waals surface area contributed by atoms with E-state index in [1.807, 2.05) is 17.9 Å². The van der Waals surface area contributed by atoms with Crippen molar-refractivity contribution < 1.29 is 0 Å². The van der Waals surface area contributed by atoms with Gasteiger partial charge < -0.3 is 5.32 Å². The summed E-state index contributed by atoms with van der Waals surface area (Å²) in [6, 6.07) is 8.78. The van der Waals surface area contributed by atoms with Gasteiger partial charge in [0.2, 0.25) is 0 Å². The minimum atomic E-state index is 0.185. The zero-order valence-corrected chi connectivity index (χ0v) is 13.2. The van der Waals surface area contributed by atoms with Gasteiger partial charge in [0.1, 0.15) is 0 Å². The van der Waals surface area contributed by atoms with E-state index in [0.29, 0.717) is 0 Å². The number of rotatable bonds is 5. The molecule has 0 aliphatic heterocycles. The fourth-order valence-corrected chi connectivity index (χ4v) is 2.53. The lowest BCUT2D eigenvalue weighted by Gasteiger charge is -2.20. The average molecular weight is 322 g/mol. The Morgan fingerprint density at radius 3 is 2.74 bits per heavy atom. The van der Waals surface area contributed by atoms with Crippen LogP contribution < -0.4 is 5.32 Å². The number of aryl methyl sites for hydroxylation is 2. The molecule has 1 N–H and O–H groups in total. The van der Waals surface area contributed by atoms with Crippen LogP contribution in [0.25, 0.3) is 0 Å². The van der Waals surface area contributed by atoms with E-state index in [9.17, 15) is 0 Å². The Kier molecular flexibility index (Phi) is 4.77. The molecule has 1 aromatic carbocycles. The molecule has 1 aromatic heterocycles. The minimum Gasteiger partial charge on any atom is -0.305 e. The average Bonchev–Trinajstić information content (AvgIpc) is 2.80. The van der Waals surface area contributed by atoms with Crippen molar-refractivity contribution in [2.24, 2.45) is 7.05 Å². The van der Waals surface area contributed by atoms with Crippen molar-refractivity contribution in [3.63, 3.8) is 0 Å². The van der Waals surface area contributed by atoms with Crippen molar-refractivity contribution in [2.45, 2.75) is 26.3 Å². The van der Waals surface area contributed by atoms with Gasteiger partial charge in [0, 0.05) is 17.7 Å². The quantitative estimate of drug-likeness (QED) is 0.912. The van der Waals surface area contributed by atoms with Crippen molar-refractivity contribution in [1.29, 1.82) is 0 Å². The van der Waals surface area contributed by atoms with Crippen LogP contribution >= 0.6 is 15.9 Å². The number of hydrogen-bond donors (Lipinski definition) is 1. The van der Waals surface area contributed by atoms with Crippen molar-refractivity contribution in [3.8, 4) is 0 Å². The van der Waals surface area contributed by atoms with Gasteiger partial charge in [0.15, 0.2) is 0 Å². The summed E-state index contributed by atoms with van der Waals surface area (Å²) in [6.07, 6.45) is 2.96. The van der Waals surface area contributed by atoms with Crippen molar-refractivity contribution in [3.05, 3.63) is 51.8 Å². The van der Waals surface area contributed by atoms with E-state index in [2.05, 4.69) is 64.5 Å². The second-order valence-electron chi connectivity index (χ2n) is 4.78. The minimum absolute atomic E-state index is 0.185. The zero-order valence-electron chi connectivity index (χ0n) is 11.7. The Balaban J connectivity index is 2.37.